The number of carbonyl (C=O) groups excluding carboxylic acids is 1. The van der Waals surface area contributed by atoms with Crippen molar-refractivity contribution in [3.8, 4) is 5.75 Å². The van der Waals surface area contributed by atoms with E-state index in [2.05, 4.69) is 35.0 Å². The Kier molecular flexibility index (Phi) is 6.01. The summed E-state index contributed by atoms with van der Waals surface area (Å²) in [6, 6.07) is 15.6. The predicted octanol–water partition coefficient (Wildman–Crippen LogP) is 4.19. The van der Waals surface area contributed by atoms with Crippen LogP contribution in [0.5, 0.6) is 5.75 Å². The third-order valence-electron chi connectivity index (χ3n) is 3.53. The van der Waals surface area contributed by atoms with Gasteiger partial charge in [0.2, 0.25) is 0 Å². The molecule has 2 aromatic carbocycles. The number of hydrogen-bond acceptors (Lipinski definition) is 2. The molecule has 0 spiro atoms. The molecule has 0 aromatic heterocycles. The number of carbonyl (C=O) groups is 1. The molecule has 116 valence electrons. The first-order valence-corrected chi connectivity index (χ1v) is 8.10. The number of rotatable bonds is 6. The molecule has 22 heavy (non-hydrogen) atoms. The SMILES string of the molecule is CCN(Cc1ccccc1C)C(=O)COc1ccc(Br)cc1. The van der Waals surface area contributed by atoms with Gasteiger partial charge in [0.25, 0.3) is 5.91 Å². The topological polar surface area (TPSA) is 29.5 Å². The molecule has 0 aliphatic rings. The smallest absolute Gasteiger partial charge is 0.260 e. The van der Waals surface area contributed by atoms with E-state index in [4.69, 9.17) is 4.74 Å². The van der Waals surface area contributed by atoms with Crippen LogP contribution in [-0.2, 0) is 11.3 Å². The molecule has 0 aliphatic heterocycles. The van der Waals surface area contributed by atoms with Crippen molar-refractivity contribution in [3.63, 3.8) is 0 Å². The second-order valence-electron chi connectivity index (χ2n) is 5.08. The summed E-state index contributed by atoms with van der Waals surface area (Å²) in [5.74, 6) is 0.692. The highest BCUT2D eigenvalue weighted by molar-refractivity contribution is 9.10. The summed E-state index contributed by atoms with van der Waals surface area (Å²) in [6.07, 6.45) is 0. The van der Waals surface area contributed by atoms with Crippen molar-refractivity contribution in [2.75, 3.05) is 13.2 Å². The molecule has 2 rings (SSSR count). The number of likely N-dealkylation sites (N-methyl/N-ethyl adjacent to an activating group) is 1. The van der Waals surface area contributed by atoms with Crippen molar-refractivity contribution in [2.45, 2.75) is 20.4 Å². The minimum atomic E-state index is -0.00586. The van der Waals surface area contributed by atoms with Crippen molar-refractivity contribution in [1.29, 1.82) is 0 Å². The fourth-order valence-electron chi connectivity index (χ4n) is 2.14. The van der Waals surface area contributed by atoms with Crippen LogP contribution in [-0.4, -0.2) is 24.0 Å². The van der Waals surface area contributed by atoms with Gasteiger partial charge in [0, 0.05) is 17.6 Å². The van der Waals surface area contributed by atoms with Crippen molar-refractivity contribution >= 4 is 21.8 Å². The Bertz CT molecular complexity index is 625. The molecule has 0 aliphatic carbocycles. The first-order valence-electron chi connectivity index (χ1n) is 7.30. The average molecular weight is 362 g/mol. The number of benzene rings is 2. The van der Waals surface area contributed by atoms with Gasteiger partial charge < -0.3 is 9.64 Å². The summed E-state index contributed by atoms with van der Waals surface area (Å²) >= 11 is 3.37. The summed E-state index contributed by atoms with van der Waals surface area (Å²) < 4.78 is 6.55. The summed E-state index contributed by atoms with van der Waals surface area (Å²) in [4.78, 5) is 14.1. The molecule has 0 fully saturated rings. The van der Waals surface area contributed by atoms with Crippen LogP contribution in [0.15, 0.2) is 53.0 Å². The Morgan fingerprint density at radius 2 is 1.82 bits per heavy atom. The van der Waals surface area contributed by atoms with E-state index in [-0.39, 0.29) is 12.5 Å². The monoisotopic (exact) mass is 361 g/mol. The first-order chi connectivity index (χ1) is 10.6. The van der Waals surface area contributed by atoms with E-state index in [1.54, 1.807) is 4.90 Å². The van der Waals surface area contributed by atoms with E-state index in [9.17, 15) is 4.79 Å². The van der Waals surface area contributed by atoms with E-state index in [0.29, 0.717) is 18.8 Å². The van der Waals surface area contributed by atoms with Crippen LogP contribution in [0.4, 0.5) is 0 Å². The normalized spacial score (nSPS) is 10.3. The van der Waals surface area contributed by atoms with Crippen LogP contribution in [0.1, 0.15) is 18.1 Å². The fraction of sp³-hybridized carbons (Fsp3) is 0.278. The molecular weight excluding hydrogens is 342 g/mol. The van der Waals surface area contributed by atoms with Crippen LogP contribution < -0.4 is 4.74 Å². The molecular formula is C18H20BrNO2. The van der Waals surface area contributed by atoms with Gasteiger partial charge in [-0.15, -0.1) is 0 Å². The molecule has 0 unspecified atom stereocenters. The van der Waals surface area contributed by atoms with Crippen molar-refractivity contribution < 1.29 is 9.53 Å². The predicted molar refractivity (Wildman–Crippen MR) is 91.9 cm³/mol. The van der Waals surface area contributed by atoms with Gasteiger partial charge in [0.05, 0.1) is 0 Å². The number of nitrogens with zero attached hydrogens (tertiary/aromatic N) is 1. The van der Waals surface area contributed by atoms with E-state index >= 15 is 0 Å². The Balaban J connectivity index is 1.94. The highest BCUT2D eigenvalue weighted by atomic mass is 79.9. The molecule has 0 N–H and O–H groups in total. The van der Waals surface area contributed by atoms with Crippen LogP contribution in [0.3, 0.4) is 0 Å². The van der Waals surface area contributed by atoms with Crippen molar-refractivity contribution in [2.24, 2.45) is 0 Å². The van der Waals surface area contributed by atoms with Crippen LogP contribution in [0.25, 0.3) is 0 Å². The molecule has 0 heterocycles. The summed E-state index contributed by atoms with van der Waals surface area (Å²) in [5.41, 5.74) is 2.36. The molecule has 0 atom stereocenters. The largest absolute Gasteiger partial charge is 0.484 e. The first kappa shape index (κ1) is 16.6. The van der Waals surface area contributed by atoms with Gasteiger partial charge in [0.15, 0.2) is 6.61 Å². The van der Waals surface area contributed by atoms with Crippen LogP contribution >= 0.6 is 15.9 Å². The molecule has 1 amide bonds. The maximum atomic E-state index is 12.3. The number of amides is 1. The number of halogens is 1. The molecule has 0 saturated heterocycles. The summed E-state index contributed by atoms with van der Waals surface area (Å²) in [6.45, 7) is 5.38. The van der Waals surface area contributed by atoms with Gasteiger partial charge in [-0.3, -0.25) is 4.79 Å². The lowest BCUT2D eigenvalue weighted by atomic mass is 10.1. The van der Waals surface area contributed by atoms with Crippen LogP contribution in [0, 0.1) is 6.92 Å². The zero-order valence-electron chi connectivity index (χ0n) is 12.9. The fourth-order valence-corrected chi connectivity index (χ4v) is 2.40. The minimum Gasteiger partial charge on any atom is -0.484 e. The third-order valence-corrected chi connectivity index (χ3v) is 4.06. The lowest BCUT2D eigenvalue weighted by Gasteiger charge is -2.22. The van der Waals surface area contributed by atoms with Crippen LogP contribution in [0.2, 0.25) is 0 Å². The highest BCUT2D eigenvalue weighted by Crippen LogP contribution is 2.16. The molecule has 0 saturated carbocycles. The van der Waals surface area contributed by atoms with Gasteiger partial charge in [-0.2, -0.15) is 0 Å². The van der Waals surface area contributed by atoms with Gasteiger partial charge in [-0.1, -0.05) is 40.2 Å². The number of hydrogen-bond donors (Lipinski definition) is 0. The maximum absolute atomic E-state index is 12.3. The number of ether oxygens (including phenoxy) is 1. The standard InChI is InChI=1S/C18H20BrNO2/c1-3-20(12-15-7-5-4-6-14(15)2)18(21)13-22-17-10-8-16(19)9-11-17/h4-11H,3,12-13H2,1-2H3. The van der Waals surface area contributed by atoms with Gasteiger partial charge in [-0.25, -0.2) is 0 Å². The van der Waals surface area contributed by atoms with E-state index in [1.807, 2.05) is 43.3 Å². The highest BCUT2D eigenvalue weighted by Gasteiger charge is 2.13. The van der Waals surface area contributed by atoms with E-state index in [1.165, 1.54) is 11.1 Å². The second kappa shape index (κ2) is 7.99. The lowest BCUT2D eigenvalue weighted by molar-refractivity contribution is -0.133. The zero-order valence-corrected chi connectivity index (χ0v) is 14.5. The Hall–Kier alpha value is -1.81. The van der Waals surface area contributed by atoms with Crippen molar-refractivity contribution in [3.05, 3.63) is 64.1 Å². The quantitative estimate of drug-likeness (QED) is 0.771. The Labute approximate surface area is 140 Å². The third kappa shape index (κ3) is 4.60. The van der Waals surface area contributed by atoms with Crippen molar-refractivity contribution in [1.82, 2.24) is 4.90 Å². The van der Waals surface area contributed by atoms with E-state index < -0.39 is 0 Å². The Morgan fingerprint density at radius 1 is 1.14 bits per heavy atom. The summed E-state index contributed by atoms with van der Waals surface area (Å²) in [5, 5.41) is 0. The second-order valence-corrected chi connectivity index (χ2v) is 5.99. The zero-order chi connectivity index (χ0) is 15.9. The molecule has 3 nitrogen and oxygen atoms in total. The molecule has 0 bridgehead atoms. The number of aryl methyl sites for hydroxylation is 1. The summed E-state index contributed by atoms with van der Waals surface area (Å²) in [7, 11) is 0. The van der Waals surface area contributed by atoms with Gasteiger partial charge >= 0.3 is 0 Å². The Morgan fingerprint density at radius 3 is 2.45 bits per heavy atom. The molecule has 2 aromatic rings. The van der Waals surface area contributed by atoms with Gasteiger partial charge in [-0.05, 0) is 49.2 Å². The average Bonchev–Trinajstić information content (AvgIpc) is 2.53. The maximum Gasteiger partial charge on any atom is 0.260 e. The molecule has 4 heteroatoms. The molecule has 0 radical (unpaired) electrons. The minimum absolute atomic E-state index is 0.00586. The van der Waals surface area contributed by atoms with Gasteiger partial charge in [0.1, 0.15) is 5.75 Å². The van der Waals surface area contributed by atoms with E-state index in [0.717, 1.165) is 4.47 Å². The lowest BCUT2D eigenvalue weighted by Crippen LogP contribution is -2.34.